The number of hydrogen-bond acceptors (Lipinski definition) is 2. The highest BCUT2D eigenvalue weighted by atomic mass is 19.1. The van der Waals surface area contributed by atoms with Crippen molar-refractivity contribution >= 4 is 0 Å². The van der Waals surface area contributed by atoms with Crippen LogP contribution in [0.15, 0.2) is 24.3 Å². The summed E-state index contributed by atoms with van der Waals surface area (Å²) in [6, 6.07) is 7.19. The molecule has 0 heterocycles. The van der Waals surface area contributed by atoms with Crippen LogP contribution in [0.1, 0.15) is 59.7 Å². The molecule has 1 aromatic carbocycles. The van der Waals surface area contributed by atoms with Crippen molar-refractivity contribution in [2.75, 3.05) is 7.11 Å². The number of hydrogen-bond donors (Lipinski definition) is 0. The minimum Gasteiger partial charge on any atom is -0.465 e. The molecule has 2 unspecified atom stereocenters. The standard InChI is InChI=1S/C18H29FO2/c1-17(2,3)12-15(20-7)21-14-10-8-13(9-11-14)16(19)18(4,5)6/h8-11,15-16H,12H2,1-7H3. The fourth-order valence-corrected chi connectivity index (χ4v) is 2.04. The molecule has 3 heteroatoms. The van der Waals surface area contributed by atoms with Crippen molar-refractivity contribution in [3.63, 3.8) is 0 Å². The molecule has 0 radical (unpaired) electrons. The van der Waals surface area contributed by atoms with Gasteiger partial charge in [0.2, 0.25) is 0 Å². The lowest BCUT2D eigenvalue weighted by Gasteiger charge is -2.26. The second kappa shape index (κ2) is 6.78. The second-order valence-electron chi connectivity index (χ2n) is 7.85. The van der Waals surface area contributed by atoms with E-state index < -0.39 is 11.6 Å². The van der Waals surface area contributed by atoms with Crippen molar-refractivity contribution in [1.82, 2.24) is 0 Å². The van der Waals surface area contributed by atoms with Crippen LogP contribution >= 0.6 is 0 Å². The van der Waals surface area contributed by atoms with Gasteiger partial charge in [-0.15, -0.1) is 0 Å². The Balaban J connectivity index is 2.74. The van der Waals surface area contributed by atoms with Crippen LogP contribution < -0.4 is 4.74 Å². The van der Waals surface area contributed by atoms with Crippen molar-refractivity contribution < 1.29 is 13.9 Å². The van der Waals surface area contributed by atoms with E-state index >= 15 is 0 Å². The predicted molar refractivity (Wildman–Crippen MR) is 85.2 cm³/mol. The van der Waals surface area contributed by atoms with E-state index in [9.17, 15) is 4.39 Å². The first kappa shape index (κ1) is 18.0. The van der Waals surface area contributed by atoms with Gasteiger partial charge in [0.15, 0.2) is 6.29 Å². The molecule has 120 valence electrons. The van der Waals surface area contributed by atoms with E-state index in [-0.39, 0.29) is 11.7 Å². The number of methoxy groups -OCH3 is 1. The fraction of sp³-hybridized carbons (Fsp3) is 0.667. The minimum absolute atomic E-state index is 0.122. The Morgan fingerprint density at radius 2 is 1.52 bits per heavy atom. The number of rotatable bonds is 5. The molecule has 0 N–H and O–H groups in total. The third-order valence-corrected chi connectivity index (χ3v) is 3.24. The van der Waals surface area contributed by atoms with Crippen LogP contribution in [-0.2, 0) is 4.74 Å². The minimum atomic E-state index is -0.987. The molecule has 2 nitrogen and oxygen atoms in total. The highest BCUT2D eigenvalue weighted by molar-refractivity contribution is 5.29. The van der Waals surface area contributed by atoms with Gasteiger partial charge in [0.1, 0.15) is 11.9 Å². The molecule has 0 amide bonds. The molecule has 0 aromatic heterocycles. The van der Waals surface area contributed by atoms with Gasteiger partial charge in [-0.25, -0.2) is 4.39 Å². The van der Waals surface area contributed by atoms with E-state index in [1.54, 1.807) is 19.2 Å². The van der Waals surface area contributed by atoms with Crippen LogP contribution in [0.4, 0.5) is 4.39 Å². The summed E-state index contributed by atoms with van der Waals surface area (Å²) in [6.07, 6.45) is -0.488. The predicted octanol–water partition coefficient (Wildman–Crippen LogP) is 5.53. The maximum absolute atomic E-state index is 14.3. The lowest BCUT2D eigenvalue weighted by molar-refractivity contribution is -0.0756. The van der Waals surface area contributed by atoms with Crippen LogP contribution in [-0.4, -0.2) is 13.4 Å². The van der Waals surface area contributed by atoms with Crippen LogP contribution in [0.2, 0.25) is 0 Å². The Hall–Kier alpha value is -1.09. The maximum Gasteiger partial charge on any atom is 0.200 e. The zero-order chi connectivity index (χ0) is 16.3. The smallest absolute Gasteiger partial charge is 0.200 e. The average molecular weight is 296 g/mol. The number of benzene rings is 1. The van der Waals surface area contributed by atoms with Gasteiger partial charge in [-0.2, -0.15) is 0 Å². The van der Waals surface area contributed by atoms with Gasteiger partial charge in [0.25, 0.3) is 0 Å². The third kappa shape index (κ3) is 6.04. The molecule has 1 aromatic rings. The van der Waals surface area contributed by atoms with Crippen molar-refractivity contribution in [2.24, 2.45) is 10.8 Å². The molecule has 1 rings (SSSR count). The summed E-state index contributed by atoms with van der Waals surface area (Å²) in [6.45, 7) is 12.1. The zero-order valence-electron chi connectivity index (χ0n) is 14.4. The average Bonchev–Trinajstić information content (AvgIpc) is 2.35. The molecule has 2 atom stereocenters. The van der Waals surface area contributed by atoms with Crippen LogP contribution in [0.5, 0.6) is 5.75 Å². The Morgan fingerprint density at radius 1 is 1.00 bits per heavy atom. The van der Waals surface area contributed by atoms with Gasteiger partial charge in [-0.1, -0.05) is 53.7 Å². The van der Waals surface area contributed by atoms with Crippen molar-refractivity contribution in [3.8, 4) is 5.75 Å². The normalized spacial score (nSPS) is 15.6. The summed E-state index contributed by atoms with van der Waals surface area (Å²) >= 11 is 0. The lowest BCUT2D eigenvalue weighted by Crippen LogP contribution is -2.25. The summed E-state index contributed by atoms with van der Waals surface area (Å²) in [5, 5.41) is 0. The number of alkyl halides is 1. The largest absolute Gasteiger partial charge is 0.465 e. The Kier molecular flexibility index (Phi) is 5.80. The highest BCUT2D eigenvalue weighted by Crippen LogP contribution is 2.36. The quantitative estimate of drug-likeness (QED) is 0.665. The van der Waals surface area contributed by atoms with E-state index in [4.69, 9.17) is 9.47 Å². The molecular weight excluding hydrogens is 267 g/mol. The topological polar surface area (TPSA) is 18.5 Å². The third-order valence-electron chi connectivity index (χ3n) is 3.24. The second-order valence-corrected chi connectivity index (χ2v) is 7.85. The molecule has 0 aliphatic rings. The number of halogens is 1. The summed E-state index contributed by atoms with van der Waals surface area (Å²) in [4.78, 5) is 0. The fourth-order valence-electron chi connectivity index (χ4n) is 2.04. The molecule has 0 bridgehead atoms. The SMILES string of the molecule is COC(CC(C)(C)C)Oc1ccc(C(F)C(C)(C)C)cc1. The first-order chi connectivity index (χ1) is 9.53. The van der Waals surface area contributed by atoms with Crippen molar-refractivity contribution in [1.29, 1.82) is 0 Å². The Labute approximate surface area is 128 Å². The first-order valence-electron chi connectivity index (χ1n) is 7.46. The summed E-state index contributed by atoms with van der Waals surface area (Å²) in [7, 11) is 1.64. The van der Waals surface area contributed by atoms with E-state index in [1.165, 1.54) is 0 Å². The van der Waals surface area contributed by atoms with Crippen LogP contribution in [0.25, 0.3) is 0 Å². The molecule has 0 saturated heterocycles. The van der Waals surface area contributed by atoms with E-state index in [1.807, 2.05) is 32.9 Å². The molecule has 0 fully saturated rings. The molecule has 0 spiro atoms. The Morgan fingerprint density at radius 3 is 1.90 bits per heavy atom. The van der Waals surface area contributed by atoms with Crippen molar-refractivity contribution in [3.05, 3.63) is 29.8 Å². The van der Waals surface area contributed by atoms with Gasteiger partial charge in [-0.3, -0.25) is 0 Å². The summed E-state index contributed by atoms with van der Waals surface area (Å²) < 4.78 is 25.4. The lowest BCUT2D eigenvalue weighted by atomic mass is 9.86. The van der Waals surface area contributed by atoms with Gasteiger partial charge >= 0.3 is 0 Å². The summed E-state index contributed by atoms with van der Waals surface area (Å²) in [5.41, 5.74) is 0.403. The molecule has 0 aliphatic heterocycles. The maximum atomic E-state index is 14.3. The van der Waals surface area contributed by atoms with Gasteiger partial charge in [0.05, 0.1) is 0 Å². The van der Waals surface area contributed by atoms with E-state index in [0.29, 0.717) is 11.3 Å². The van der Waals surface area contributed by atoms with Crippen molar-refractivity contribution in [2.45, 2.75) is 60.4 Å². The molecule has 21 heavy (non-hydrogen) atoms. The van der Waals surface area contributed by atoms with Crippen LogP contribution in [0.3, 0.4) is 0 Å². The summed E-state index contributed by atoms with van der Waals surface area (Å²) in [5.74, 6) is 0.705. The molecule has 0 aliphatic carbocycles. The van der Waals surface area contributed by atoms with Gasteiger partial charge in [-0.05, 0) is 28.5 Å². The highest BCUT2D eigenvalue weighted by Gasteiger charge is 2.26. The van der Waals surface area contributed by atoms with E-state index in [2.05, 4.69) is 20.8 Å². The number of ether oxygens (including phenoxy) is 2. The van der Waals surface area contributed by atoms with E-state index in [0.717, 1.165) is 6.42 Å². The van der Waals surface area contributed by atoms with Gasteiger partial charge < -0.3 is 9.47 Å². The van der Waals surface area contributed by atoms with Crippen LogP contribution in [0, 0.1) is 10.8 Å². The monoisotopic (exact) mass is 296 g/mol. The Bertz CT molecular complexity index is 426. The first-order valence-corrected chi connectivity index (χ1v) is 7.46. The van der Waals surface area contributed by atoms with Gasteiger partial charge in [0, 0.05) is 13.5 Å². The zero-order valence-corrected chi connectivity index (χ0v) is 14.4. The molecular formula is C18H29FO2. The molecule has 0 saturated carbocycles.